The number of fused-ring (bicyclic) bond motifs is 1. The molecule has 0 radical (unpaired) electrons. The third-order valence-corrected chi connectivity index (χ3v) is 6.31. The first-order valence-electron chi connectivity index (χ1n) is 9.77. The fraction of sp³-hybridized carbons (Fsp3) is 0.227. The highest BCUT2D eigenvalue weighted by Crippen LogP contribution is 2.47. The van der Waals surface area contributed by atoms with E-state index in [0.717, 1.165) is 11.3 Å². The van der Waals surface area contributed by atoms with Crippen LogP contribution in [0.3, 0.4) is 0 Å². The molecule has 0 aliphatic heterocycles. The molecular formula is C22H21N3O6S. The van der Waals surface area contributed by atoms with Crippen LogP contribution < -0.4 is 16.0 Å². The summed E-state index contributed by atoms with van der Waals surface area (Å²) in [6, 6.07) is 7.20. The Morgan fingerprint density at radius 3 is 2.50 bits per heavy atom. The summed E-state index contributed by atoms with van der Waals surface area (Å²) in [5.74, 6) is -0.270. The van der Waals surface area contributed by atoms with E-state index in [0.29, 0.717) is 44.6 Å². The lowest BCUT2D eigenvalue weighted by Crippen LogP contribution is -2.28. The van der Waals surface area contributed by atoms with Crippen LogP contribution in [0.15, 0.2) is 33.9 Å². The highest BCUT2D eigenvalue weighted by Gasteiger charge is 2.28. The zero-order valence-electron chi connectivity index (χ0n) is 17.9. The molecule has 4 aromatic rings. The normalized spacial score (nSPS) is 11.1. The maximum Gasteiger partial charge on any atom is 0.342 e. The first-order chi connectivity index (χ1) is 15.3. The van der Waals surface area contributed by atoms with E-state index < -0.39 is 17.2 Å². The summed E-state index contributed by atoms with van der Waals surface area (Å²) in [5.41, 5.74) is 0.775. The fourth-order valence-corrected chi connectivity index (χ4v) is 4.77. The van der Waals surface area contributed by atoms with Crippen LogP contribution in [0.5, 0.6) is 11.5 Å². The third kappa shape index (κ3) is 3.28. The minimum absolute atomic E-state index is 0.0424. The first kappa shape index (κ1) is 21.4. The van der Waals surface area contributed by atoms with Crippen LogP contribution >= 0.6 is 11.3 Å². The summed E-state index contributed by atoms with van der Waals surface area (Å²) < 4.78 is 11.6. The summed E-state index contributed by atoms with van der Waals surface area (Å²) in [4.78, 5) is 43.6. The minimum Gasteiger partial charge on any atom is -0.505 e. The van der Waals surface area contributed by atoms with Gasteiger partial charge >= 0.3 is 11.7 Å². The van der Waals surface area contributed by atoms with Crippen LogP contribution in [0.25, 0.3) is 32.7 Å². The number of benzene rings is 1. The van der Waals surface area contributed by atoms with E-state index >= 15 is 0 Å². The largest absolute Gasteiger partial charge is 0.505 e. The molecule has 3 heterocycles. The highest BCUT2D eigenvalue weighted by molar-refractivity contribution is 7.16. The fourth-order valence-electron chi connectivity index (χ4n) is 3.68. The summed E-state index contributed by atoms with van der Waals surface area (Å²) in [6.45, 7) is 4.09. The number of nitrogens with zero attached hydrogens (tertiary/aromatic N) is 1. The predicted octanol–water partition coefficient (Wildman–Crippen LogP) is 3.15. The highest BCUT2D eigenvalue weighted by atomic mass is 32.1. The van der Waals surface area contributed by atoms with Gasteiger partial charge in [0.05, 0.1) is 29.7 Å². The van der Waals surface area contributed by atoms with Gasteiger partial charge in [0.2, 0.25) is 0 Å². The number of thiophene rings is 1. The zero-order chi connectivity index (χ0) is 23.2. The Bertz CT molecular complexity index is 1460. The smallest absolute Gasteiger partial charge is 0.342 e. The van der Waals surface area contributed by atoms with E-state index in [-0.39, 0.29) is 16.7 Å². The monoisotopic (exact) mass is 455 g/mol. The number of H-pyrrole nitrogens is 2. The maximum atomic E-state index is 12.8. The van der Waals surface area contributed by atoms with Gasteiger partial charge in [0.1, 0.15) is 22.7 Å². The van der Waals surface area contributed by atoms with Gasteiger partial charge in [0.15, 0.2) is 0 Å². The number of carbonyl (C=O) groups is 1. The molecule has 0 spiro atoms. The second-order valence-electron chi connectivity index (χ2n) is 7.08. The number of ether oxygens (including phenoxy) is 2. The van der Waals surface area contributed by atoms with Crippen molar-refractivity contribution >= 4 is 28.3 Å². The van der Waals surface area contributed by atoms with Crippen molar-refractivity contribution in [3.63, 3.8) is 0 Å². The Morgan fingerprint density at radius 1 is 1.19 bits per heavy atom. The molecule has 9 nitrogen and oxygen atoms in total. The molecule has 32 heavy (non-hydrogen) atoms. The van der Waals surface area contributed by atoms with E-state index in [1.165, 1.54) is 18.7 Å². The Balaban J connectivity index is 2.09. The van der Waals surface area contributed by atoms with E-state index in [9.17, 15) is 19.5 Å². The number of aromatic amines is 2. The van der Waals surface area contributed by atoms with Crippen molar-refractivity contribution in [3.05, 3.63) is 55.5 Å². The lowest BCUT2D eigenvalue weighted by Gasteiger charge is -2.07. The van der Waals surface area contributed by atoms with E-state index in [1.807, 2.05) is 19.1 Å². The molecule has 0 aliphatic rings. The van der Waals surface area contributed by atoms with Gasteiger partial charge in [-0.05, 0) is 43.7 Å². The molecule has 1 aromatic carbocycles. The molecule has 0 amide bonds. The molecule has 0 fully saturated rings. The van der Waals surface area contributed by atoms with Gasteiger partial charge in [-0.1, -0.05) is 0 Å². The average molecular weight is 455 g/mol. The van der Waals surface area contributed by atoms with Gasteiger partial charge in [-0.15, -0.1) is 11.3 Å². The number of carbonyl (C=O) groups excluding carboxylic acids is 1. The Kier molecular flexibility index (Phi) is 5.39. The SMILES string of the molecule is CCOc1ccc(-c2[nH]c3c(c2-c2sc(C)c(C(=O)OC)c2O)c(=O)[nH]c(=O)n3C)cc1. The molecule has 3 aromatic heterocycles. The van der Waals surface area contributed by atoms with Gasteiger partial charge in [-0.2, -0.15) is 0 Å². The number of esters is 1. The second kappa shape index (κ2) is 8.04. The summed E-state index contributed by atoms with van der Waals surface area (Å²) in [5, 5.41) is 11.1. The molecule has 166 valence electrons. The number of hydrogen-bond acceptors (Lipinski definition) is 7. The van der Waals surface area contributed by atoms with Crippen molar-refractivity contribution in [1.29, 1.82) is 0 Å². The number of hydrogen-bond donors (Lipinski definition) is 3. The predicted molar refractivity (Wildman–Crippen MR) is 122 cm³/mol. The van der Waals surface area contributed by atoms with E-state index in [4.69, 9.17) is 9.47 Å². The van der Waals surface area contributed by atoms with Crippen molar-refractivity contribution in [2.45, 2.75) is 13.8 Å². The zero-order valence-corrected chi connectivity index (χ0v) is 18.7. The second-order valence-corrected chi connectivity index (χ2v) is 8.30. The molecule has 0 bridgehead atoms. The summed E-state index contributed by atoms with van der Waals surface area (Å²) in [7, 11) is 2.76. The van der Waals surface area contributed by atoms with Crippen LogP contribution in [-0.2, 0) is 11.8 Å². The Hall–Kier alpha value is -3.79. The van der Waals surface area contributed by atoms with Gasteiger partial charge in [-0.25, -0.2) is 9.59 Å². The standard InChI is InChI=1S/C22H21N3O6S/c1-5-31-12-8-6-11(7-9-12)16-14(15-19(23-16)25(3)22(29)24-20(15)27)18-17(26)13(10(2)32-18)21(28)30-4/h6-9,23,26H,5H2,1-4H3,(H,24,27,29). The molecule has 0 unspecified atom stereocenters. The molecule has 0 atom stereocenters. The van der Waals surface area contributed by atoms with Crippen molar-refractivity contribution in [1.82, 2.24) is 14.5 Å². The third-order valence-electron chi connectivity index (χ3n) is 5.20. The summed E-state index contributed by atoms with van der Waals surface area (Å²) in [6.07, 6.45) is 0. The topological polar surface area (TPSA) is 126 Å². The molecular weight excluding hydrogens is 434 g/mol. The number of aromatic nitrogens is 3. The molecule has 4 rings (SSSR count). The molecule has 0 saturated heterocycles. The average Bonchev–Trinajstić information content (AvgIpc) is 3.30. The van der Waals surface area contributed by atoms with Crippen LogP contribution in [0.1, 0.15) is 22.2 Å². The van der Waals surface area contributed by atoms with E-state index in [1.54, 1.807) is 19.1 Å². The van der Waals surface area contributed by atoms with Crippen LogP contribution in [0.2, 0.25) is 0 Å². The lowest BCUT2D eigenvalue weighted by molar-refractivity contribution is 0.0597. The molecule has 3 N–H and O–H groups in total. The number of aromatic hydroxyl groups is 1. The Morgan fingerprint density at radius 2 is 1.88 bits per heavy atom. The quantitative estimate of drug-likeness (QED) is 0.397. The number of methoxy groups -OCH3 is 1. The van der Waals surface area contributed by atoms with Crippen molar-refractivity contribution in [3.8, 4) is 33.2 Å². The van der Waals surface area contributed by atoms with Gasteiger partial charge in [-0.3, -0.25) is 14.3 Å². The van der Waals surface area contributed by atoms with Crippen molar-refractivity contribution in [2.24, 2.45) is 7.05 Å². The van der Waals surface area contributed by atoms with Crippen molar-refractivity contribution in [2.75, 3.05) is 13.7 Å². The first-order valence-corrected chi connectivity index (χ1v) is 10.6. The van der Waals surface area contributed by atoms with Crippen LogP contribution in [0, 0.1) is 6.92 Å². The minimum atomic E-state index is -0.675. The molecule has 0 aliphatic carbocycles. The molecule has 0 saturated carbocycles. The van der Waals surface area contributed by atoms with Crippen molar-refractivity contribution < 1.29 is 19.4 Å². The number of rotatable bonds is 5. The van der Waals surface area contributed by atoms with Crippen LogP contribution in [0.4, 0.5) is 0 Å². The maximum absolute atomic E-state index is 12.8. The Labute approximate surface area is 185 Å². The van der Waals surface area contributed by atoms with Gasteiger partial charge in [0.25, 0.3) is 5.56 Å². The van der Waals surface area contributed by atoms with Gasteiger partial charge < -0.3 is 19.6 Å². The lowest BCUT2D eigenvalue weighted by atomic mass is 10.0. The number of aryl methyl sites for hydroxylation is 2. The molecule has 10 heteroatoms. The summed E-state index contributed by atoms with van der Waals surface area (Å²) >= 11 is 1.16. The van der Waals surface area contributed by atoms with Gasteiger partial charge in [0, 0.05) is 17.5 Å². The van der Waals surface area contributed by atoms with E-state index in [2.05, 4.69) is 9.97 Å². The van der Waals surface area contributed by atoms with Crippen LogP contribution in [-0.4, -0.2) is 39.3 Å². The number of nitrogens with one attached hydrogen (secondary N) is 2.